The molecule has 19 heavy (non-hydrogen) atoms. The second-order valence-corrected chi connectivity index (χ2v) is 6.59. The Bertz CT molecular complexity index is 559. The molecular formula is C12H18F2N2O2S. The lowest BCUT2D eigenvalue weighted by atomic mass is 10.1. The molecule has 0 aliphatic carbocycles. The lowest BCUT2D eigenvalue weighted by Gasteiger charge is -2.35. The topological polar surface area (TPSA) is 63.4 Å². The first-order chi connectivity index (χ1) is 8.66. The van der Waals surface area contributed by atoms with E-state index < -0.39 is 32.1 Å². The van der Waals surface area contributed by atoms with Crippen LogP contribution in [-0.4, -0.2) is 31.4 Å². The first kappa shape index (κ1) is 16.0. The van der Waals surface area contributed by atoms with Gasteiger partial charge in [-0.1, -0.05) is 6.92 Å². The highest BCUT2D eigenvalue weighted by Gasteiger charge is 2.36. The van der Waals surface area contributed by atoms with Gasteiger partial charge in [0.05, 0.1) is 0 Å². The maximum absolute atomic E-state index is 13.7. The van der Waals surface area contributed by atoms with Gasteiger partial charge in [0.2, 0.25) is 10.0 Å². The molecule has 4 nitrogen and oxygen atoms in total. The highest BCUT2D eigenvalue weighted by Crippen LogP contribution is 2.26. The molecule has 0 saturated carbocycles. The van der Waals surface area contributed by atoms with Crippen molar-refractivity contribution in [2.45, 2.75) is 31.2 Å². The summed E-state index contributed by atoms with van der Waals surface area (Å²) in [5, 5.41) is 0. The highest BCUT2D eigenvalue weighted by atomic mass is 32.2. The molecule has 0 aliphatic rings. The minimum Gasteiger partial charge on any atom is -0.329 e. The Morgan fingerprint density at radius 3 is 2.37 bits per heavy atom. The molecule has 0 atom stereocenters. The van der Waals surface area contributed by atoms with Gasteiger partial charge in [0, 0.05) is 18.6 Å². The summed E-state index contributed by atoms with van der Waals surface area (Å²) in [5.74, 6) is -1.78. The second-order valence-electron chi connectivity index (χ2n) is 4.76. The maximum atomic E-state index is 13.7. The summed E-state index contributed by atoms with van der Waals surface area (Å²) >= 11 is 0. The normalized spacial score (nSPS) is 13.0. The summed E-state index contributed by atoms with van der Waals surface area (Å²) in [4.78, 5) is -0.670. The number of hydrogen-bond donors (Lipinski definition) is 1. The first-order valence-electron chi connectivity index (χ1n) is 5.84. The summed E-state index contributed by atoms with van der Waals surface area (Å²) < 4.78 is 52.7. The molecule has 0 radical (unpaired) electrons. The third-order valence-electron chi connectivity index (χ3n) is 2.92. The molecule has 0 unspecified atom stereocenters. The summed E-state index contributed by atoms with van der Waals surface area (Å²) in [6.45, 7) is 5.06. The fraction of sp³-hybridized carbons (Fsp3) is 0.500. The van der Waals surface area contributed by atoms with Gasteiger partial charge in [-0.2, -0.15) is 4.31 Å². The molecule has 108 valence electrons. The molecule has 1 aromatic carbocycles. The van der Waals surface area contributed by atoms with Crippen molar-refractivity contribution in [2.75, 3.05) is 13.1 Å². The van der Waals surface area contributed by atoms with Crippen LogP contribution in [0.25, 0.3) is 0 Å². The Kier molecular flexibility index (Phi) is 4.65. The number of likely N-dealkylation sites (N-methyl/N-ethyl adjacent to an activating group) is 1. The number of sulfonamides is 1. The van der Waals surface area contributed by atoms with Crippen LogP contribution < -0.4 is 5.73 Å². The number of halogens is 2. The summed E-state index contributed by atoms with van der Waals surface area (Å²) in [6, 6.07) is 2.35. The summed E-state index contributed by atoms with van der Waals surface area (Å²) in [6.07, 6.45) is 0. The van der Waals surface area contributed by atoms with Gasteiger partial charge in [-0.15, -0.1) is 0 Å². The zero-order valence-corrected chi connectivity index (χ0v) is 12.0. The van der Waals surface area contributed by atoms with Crippen molar-refractivity contribution >= 4 is 10.0 Å². The van der Waals surface area contributed by atoms with E-state index in [-0.39, 0.29) is 13.1 Å². The van der Waals surface area contributed by atoms with E-state index in [0.29, 0.717) is 6.07 Å². The van der Waals surface area contributed by atoms with Gasteiger partial charge in [0.15, 0.2) is 0 Å². The average molecular weight is 292 g/mol. The van der Waals surface area contributed by atoms with E-state index in [1.54, 1.807) is 20.8 Å². The van der Waals surface area contributed by atoms with E-state index in [1.165, 1.54) is 0 Å². The lowest BCUT2D eigenvalue weighted by molar-refractivity contribution is 0.243. The molecule has 0 spiro atoms. The minimum atomic E-state index is -4.14. The molecule has 0 aromatic heterocycles. The SMILES string of the molecule is CCN(C(C)(C)CN)S(=O)(=O)c1cc(F)ccc1F. The van der Waals surface area contributed by atoms with Crippen molar-refractivity contribution in [1.82, 2.24) is 4.31 Å². The van der Waals surface area contributed by atoms with Gasteiger partial charge in [-0.3, -0.25) is 0 Å². The Morgan fingerprint density at radius 1 is 1.32 bits per heavy atom. The third-order valence-corrected chi connectivity index (χ3v) is 5.12. The van der Waals surface area contributed by atoms with E-state index in [2.05, 4.69) is 0 Å². The van der Waals surface area contributed by atoms with Crippen LogP contribution in [-0.2, 0) is 10.0 Å². The van der Waals surface area contributed by atoms with Crippen molar-refractivity contribution in [3.8, 4) is 0 Å². The number of nitrogens with two attached hydrogens (primary N) is 1. The molecule has 0 amide bonds. The van der Waals surface area contributed by atoms with E-state index in [1.807, 2.05) is 0 Å². The van der Waals surface area contributed by atoms with Crippen molar-refractivity contribution in [3.05, 3.63) is 29.8 Å². The maximum Gasteiger partial charge on any atom is 0.246 e. The van der Waals surface area contributed by atoms with Gasteiger partial charge >= 0.3 is 0 Å². The van der Waals surface area contributed by atoms with Crippen LogP contribution in [0.2, 0.25) is 0 Å². The predicted octanol–water partition coefficient (Wildman–Crippen LogP) is 1.71. The standard InChI is InChI=1S/C12H18F2N2O2S/c1-4-16(12(2,3)8-15)19(17,18)11-7-9(13)5-6-10(11)14/h5-7H,4,8,15H2,1-3H3. The van der Waals surface area contributed by atoms with Crippen LogP contribution in [0.15, 0.2) is 23.1 Å². The number of hydrogen-bond acceptors (Lipinski definition) is 3. The Balaban J connectivity index is 3.41. The summed E-state index contributed by atoms with van der Waals surface area (Å²) in [7, 11) is -4.14. The van der Waals surface area contributed by atoms with Crippen LogP contribution in [0, 0.1) is 11.6 Å². The smallest absolute Gasteiger partial charge is 0.246 e. The number of benzene rings is 1. The van der Waals surface area contributed by atoms with Crippen LogP contribution in [0.5, 0.6) is 0 Å². The Labute approximate surface area is 112 Å². The van der Waals surface area contributed by atoms with Gasteiger partial charge in [-0.25, -0.2) is 17.2 Å². The monoisotopic (exact) mass is 292 g/mol. The predicted molar refractivity (Wildman–Crippen MR) is 69.1 cm³/mol. The molecule has 0 bridgehead atoms. The number of nitrogens with zero attached hydrogens (tertiary/aromatic N) is 1. The first-order valence-corrected chi connectivity index (χ1v) is 7.28. The van der Waals surface area contributed by atoms with E-state index in [4.69, 9.17) is 5.73 Å². The van der Waals surface area contributed by atoms with Crippen LogP contribution >= 0.6 is 0 Å². The van der Waals surface area contributed by atoms with E-state index in [0.717, 1.165) is 16.4 Å². The zero-order valence-electron chi connectivity index (χ0n) is 11.2. The minimum absolute atomic E-state index is 0.0665. The molecule has 1 rings (SSSR count). The summed E-state index contributed by atoms with van der Waals surface area (Å²) in [5.41, 5.74) is 4.67. The fourth-order valence-corrected chi connectivity index (χ4v) is 3.70. The highest BCUT2D eigenvalue weighted by molar-refractivity contribution is 7.89. The Morgan fingerprint density at radius 2 is 1.89 bits per heavy atom. The van der Waals surface area contributed by atoms with Crippen LogP contribution in [0.1, 0.15) is 20.8 Å². The van der Waals surface area contributed by atoms with Gasteiger partial charge < -0.3 is 5.73 Å². The second kappa shape index (κ2) is 5.52. The molecule has 0 aliphatic heterocycles. The molecule has 0 heterocycles. The molecule has 2 N–H and O–H groups in total. The average Bonchev–Trinajstić information content (AvgIpc) is 2.32. The third kappa shape index (κ3) is 3.10. The molecule has 0 saturated heterocycles. The zero-order chi connectivity index (χ0) is 14.8. The van der Waals surface area contributed by atoms with Crippen molar-refractivity contribution < 1.29 is 17.2 Å². The van der Waals surface area contributed by atoms with E-state index >= 15 is 0 Å². The van der Waals surface area contributed by atoms with Crippen molar-refractivity contribution in [1.29, 1.82) is 0 Å². The molecule has 7 heteroatoms. The molecule has 1 aromatic rings. The van der Waals surface area contributed by atoms with E-state index in [9.17, 15) is 17.2 Å². The largest absolute Gasteiger partial charge is 0.329 e. The molecule has 0 fully saturated rings. The number of rotatable bonds is 5. The van der Waals surface area contributed by atoms with Crippen molar-refractivity contribution in [3.63, 3.8) is 0 Å². The van der Waals surface area contributed by atoms with Gasteiger partial charge in [0.25, 0.3) is 0 Å². The molecular weight excluding hydrogens is 274 g/mol. The van der Waals surface area contributed by atoms with Crippen LogP contribution in [0.4, 0.5) is 8.78 Å². The van der Waals surface area contributed by atoms with Gasteiger partial charge in [-0.05, 0) is 32.0 Å². The quantitative estimate of drug-likeness (QED) is 0.898. The van der Waals surface area contributed by atoms with Crippen LogP contribution in [0.3, 0.4) is 0 Å². The lowest BCUT2D eigenvalue weighted by Crippen LogP contribution is -2.52. The van der Waals surface area contributed by atoms with Gasteiger partial charge in [0.1, 0.15) is 16.5 Å². The Hall–Kier alpha value is -1.05. The van der Waals surface area contributed by atoms with Crippen molar-refractivity contribution in [2.24, 2.45) is 5.73 Å². The fourth-order valence-electron chi connectivity index (χ4n) is 1.82.